The second-order valence-electron chi connectivity index (χ2n) is 7.19. The van der Waals surface area contributed by atoms with E-state index in [0.29, 0.717) is 25.8 Å². The lowest BCUT2D eigenvalue weighted by Gasteiger charge is -2.30. The number of amides is 1. The maximum absolute atomic E-state index is 12.8. The van der Waals surface area contributed by atoms with Crippen LogP contribution in [0.1, 0.15) is 18.4 Å². The minimum atomic E-state index is -3.73. The quantitative estimate of drug-likeness (QED) is 0.599. The molecule has 8 nitrogen and oxygen atoms in total. The number of benzene rings is 1. The first kappa shape index (κ1) is 23.3. The van der Waals surface area contributed by atoms with E-state index in [-0.39, 0.29) is 35.0 Å². The van der Waals surface area contributed by atoms with Crippen molar-refractivity contribution in [1.82, 2.24) is 14.6 Å². The number of pyridine rings is 1. The third-order valence-electron chi connectivity index (χ3n) is 5.35. The van der Waals surface area contributed by atoms with E-state index in [4.69, 9.17) is 21.1 Å². The number of sulfonamides is 1. The maximum atomic E-state index is 12.8. The Balaban J connectivity index is 1.52. The Kier molecular flexibility index (Phi) is 7.74. The molecule has 168 valence electrons. The molecule has 0 aliphatic carbocycles. The smallest absolute Gasteiger partial charge is 0.246 e. The topological polar surface area (TPSA) is 97.8 Å². The summed E-state index contributed by atoms with van der Waals surface area (Å²) >= 11 is 5.96. The van der Waals surface area contributed by atoms with Crippen LogP contribution in [0.15, 0.2) is 41.4 Å². The molecular weight excluding hydrogens is 442 g/mol. The molecule has 1 saturated heterocycles. The van der Waals surface area contributed by atoms with E-state index < -0.39 is 10.0 Å². The van der Waals surface area contributed by atoms with E-state index in [1.54, 1.807) is 14.2 Å². The average molecular weight is 468 g/mol. The van der Waals surface area contributed by atoms with Crippen LogP contribution >= 0.6 is 11.6 Å². The number of nitrogens with one attached hydrogen (secondary N) is 1. The fraction of sp³-hybridized carbons (Fsp3) is 0.429. The second kappa shape index (κ2) is 10.3. The maximum Gasteiger partial charge on any atom is 0.246 e. The van der Waals surface area contributed by atoms with Crippen molar-refractivity contribution in [2.45, 2.75) is 24.2 Å². The first-order chi connectivity index (χ1) is 14.9. The summed E-state index contributed by atoms with van der Waals surface area (Å²) in [7, 11) is -0.527. The Bertz CT molecular complexity index is 1020. The number of hydrogen-bond donors (Lipinski definition) is 1. The van der Waals surface area contributed by atoms with Crippen molar-refractivity contribution in [3.8, 4) is 11.5 Å². The Morgan fingerprint density at radius 3 is 2.61 bits per heavy atom. The monoisotopic (exact) mass is 467 g/mol. The van der Waals surface area contributed by atoms with E-state index in [0.717, 1.165) is 17.1 Å². The number of aromatic nitrogens is 1. The minimum Gasteiger partial charge on any atom is -0.497 e. The van der Waals surface area contributed by atoms with Crippen LogP contribution in [0.3, 0.4) is 0 Å². The number of halogens is 1. The molecule has 2 aromatic rings. The van der Waals surface area contributed by atoms with Crippen molar-refractivity contribution in [3.63, 3.8) is 0 Å². The standard InChI is InChI=1S/C21H26ClN3O5S/c1-29-17-5-6-18(30-2)16(14-17)7-11-24-21(26)15-8-12-25(13-9-15)31(27,28)19-4-3-10-23-20(19)22/h3-6,10,14-15H,7-9,11-13H2,1-2H3,(H,24,26). The minimum absolute atomic E-state index is 0.00759. The van der Waals surface area contributed by atoms with Gasteiger partial charge in [-0.25, -0.2) is 13.4 Å². The number of nitrogens with zero attached hydrogens (tertiary/aromatic N) is 2. The Morgan fingerprint density at radius 1 is 1.23 bits per heavy atom. The van der Waals surface area contributed by atoms with Crippen molar-refractivity contribution >= 4 is 27.5 Å². The average Bonchev–Trinajstić information content (AvgIpc) is 2.79. The van der Waals surface area contributed by atoms with Crippen molar-refractivity contribution in [2.24, 2.45) is 5.92 Å². The van der Waals surface area contributed by atoms with Crippen LogP contribution in [0.4, 0.5) is 0 Å². The van der Waals surface area contributed by atoms with E-state index in [1.807, 2.05) is 18.2 Å². The molecule has 3 rings (SSSR count). The SMILES string of the molecule is COc1ccc(OC)c(CCNC(=O)C2CCN(S(=O)(=O)c3cccnc3Cl)CC2)c1. The van der Waals surface area contributed by atoms with Gasteiger partial charge in [-0.15, -0.1) is 0 Å². The van der Waals surface area contributed by atoms with Gasteiger partial charge in [0.15, 0.2) is 0 Å². The van der Waals surface area contributed by atoms with Crippen molar-refractivity contribution in [1.29, 1.82) is 0 Å². The molecule has 1 amide bonds. The molecule has 2 heterocycles. The van der Waals surface area contributed by atoms with E-state index >= 15 is 0 Å². The molecule has 1 aromatic heterocycles. The predicted octanol–water partition coefficient (Wildman–Crippen LogP) is 2.51. The molecule has 0 unspecified atom stereocenters. The molecule has 0 bridgehead atoms. The van der Waals surface area contributed by atoms with Crippen LogP contribution in [-0.2, 0) is 21.2 Å². The van der Waals surface area contributed by atoms with Gasteiger partial charge in [-0.1, -0.05) is 11.6 Å². The molecule has 0 spiro atoms. The number of hydrogen-bond acceptors (Lipinski definition) is 6. The normalized spacial score (nSPS) is 15.5. The van der Waals surface area contributed by atoms with Gasteiger partial charge in [-0.2, -0.15) is 4.31 Å². The number of ether oxygens (including phenoxy) is 2. The molecule has 0 radical (unpaired) electrons. The first-order valence-electron chi connectivity index (χ1n) is 9.96. The highest BCUT2D eigenvalue weighted by molar-refractivity contribution is 7.89. The lowest BCUT2D eigenvalue weighted by atomic mass is 9.97. The molecule has 1 N–H and O–H groups in total. The van der Waals surface area contributed by atoms with Crippen LogP contribution < -0.4 is 14.8 Å². The van der Waals surface area contributed by atoms with Gasteiger partial charge in [0, 0.05) is 31.7 Å². The molecule has 1 fully saturated rings. The van der Waals surface area contributed by atoms with E-state index in [2.05, 4.69) is 10.3 Å². The highest BCUT2D eigenvalue weighted by Crippen LogP contribution is 2.27. The zero-order chi connectivity index (χ0) is 22.4. The summed E-state index contributed by atoms with van der Waals surface area (Å²) in [5, 5.41) is 2.90. The molecular formula is C21H26ClN3O5S. The Morgan fingerprint density at radius 2 is 1.97 bits per heavy atom. The van der Waals surface area contributed by atoms with Crippen molar-refractivity contribution in [2.75, 3.05) is 33.9 Å². The van der Waals surface area contributed by atoms with E-state index in [9.17, 15) is 13.2 Å². The van der Waals surface area contributed by atoms with Crippen LogP contribution in [0.5, 0.6) is 11.5 Å². The zero-order valence-corrected chi connectivity index (χ0v) is 19.1. The number of rotatable bonds is 8. The van der Waals surface area contributed by atoms with Gasteiger partial charge in [0.25, 0.3) is 0 Å². The van der Waals surface area contributed by atoms with Gasteiger partial charge in [0.2, 0.25) is 15.9 Å². The fourth-order valence-corrected chi connectivity index (χ4v) is 5.50. The number of carbonyl (C=O) groups excluding carboxylic acids is 1. The Hall–Kier alpha value is -2.36. The van der Waals surface area contributed by atoms with Crippen molar-refractivity contribution in [3.05, 3.63) is 47.2 Å². The number of piperidine rings is 1. The molecule has 0 saturated carbocycles. The molecule has 0 atom stereocenters. The van der Waals surface area contributed by atoms with Crippen LogP contribution in [-0.4, -0.2) is 57.5 Å². The summed E-state index contributed by atoms with van der Waals surface area (Å²) in [4.78, 5) is 16.4. The second-order valence-corrected chi connectivity index (χ2v) is 9.45. The summed E-state index contributed by atoms with van der Waals surface area (Å²) in [5.74, 6) is 1.16. The fourth-order valence-electron chi connectivity index (χ4n) is 3.60. The number of methoxy groups -OCH3 is 2. The number of carbonyl (C=O) groups is 1. The highest BCUT2D eigenvalue weighted by atomic mass is 35.5. The van der Waals surface area contributed by atoms with Gasteiger partial charge in [-0.3, -0.25) is 4.79 Å². The predicted molar refractivity (Wildman–Crippen MR) is 117 cm³/mol. The van der Waals surface area contributed by atoms with Gasteiger partial charge in [0.1, 0.15) is 21.5 Å². The third-order valence-corrected chi connectivity index (χ3v) is 7.69. The van der Waals surface area contributed by atoms with Gasteiger partial charge < -0.3 is 14.8 Å². The van der Waals surface area contributed by atoms with Gasteiger partial charge in [-0.05, 0) is 55.2 Å². The molecule has 10 heteroatoms. The zero-order valence-electron chi connectivity index (χ0n) is 17.5. The molecule has 31 heavy (non-hydrogen) atoms. The van der Waals surface area contributed by atoms with Crippen molar-refractivity contribution < 1.29 is 22.7 Å². The summed E-state index contributed by atoms with van der Waals surface area (Å²) in [6, 6.07) is 8.52. The molecule has 1 aliphatic heterocycles. The third kappa shape index (κ3) is 5.47. The van der Waals surface area contributed by atoms with Gasteiger partial charge in [0.05, 0.1) is 14.2 Å². The summed E-state index contributed by atoms with van der Waals surface area (Å²) in [5.41, 5.74) is 0.941. The van der Waals surface area contributed by atoms with Gasteiger partial charge >= 0.3 is 0 Å². The molecule has 1 aromatic carbocycles. The first-order valence-corrected chi connectivity index (χ1v) is 11.8. The molecule has 1 aliphatic rings. The summed E-state index contributed by atoms with van der Waals surface area (Å²) < 4.78 is 37.6. The largest absolute Gasteiger partial charge is 0.497 e. The highest BCUT2D eigenvalue weighted by Gasteiger charge is 2.33. The van der Waals surface area contributed by atoms with Crippen LogP contribution in [0.2, 0.25) is 5.15 Å². The Labute approximate surface area is 187 Å². The lowest BCUT2D eigenvalue weighted by Crippen LogP contribution is -2.43. The van der Waals surface area contributed by atoms with Crippen LogP contribution in [0, 0.1) is 5.92 Å². The lowest BCUT2D eigenvalue weighted by molar-refractivity contribution is -0.126. The summed E-state index contributed by atoms with van der Waals surface area (Å²) in [6.45, 7) is 0.969. The summed E-state index contributed by atoms with van der Waals surface area (Å²) in [6.07, 6.45) is 2.94. The van der Waals surface area contributed by atoms with Crippen LogP contribution in [0.25, 0.3) is 0 Å². The van der Waals surface area contributed by atoms with E-state index in [1.165, 1.54) is 22.6 Å².